The molecule has 0 unspecified atom stereocenters. The first-order chi connectivity index (χ1) is 13.4. The van der Waals surface area contributed by atoms with Gasteiger partial charge < -0.3 is 20.0 Å². The zero-order chi connectivity index (χ0) is 21.5. The summed E-state index contributed by atoms with van der Waals surface area (Å²) in [5, 5.41) is 4.52. The highest BCUT2D eigenvalue weighted by molar-refractivity contribution is 5.85. The minimum absolute atomic E-state index is 0.0365. The van der Waals surface area contributed by atoms with Gasteiger partial charge in [-0.15, -0.1) is 0 Å². The molecule has 0 saturated carbocycles. The van der Waals surface area contributed by atoms with Gasteiger partial charge in [0, 0.05) is 32.7 Å². The van der Waals surface area contributed by atoms with E-state index in [0.29, 0.717) is 32.7 Å². The standard InChI is InChI=1S/C19H39N5O4/c1-7-20-13-17(25)23(11-5)16-28-24(12-6)15-19(27)22(10-4)14-18(26)21(8-2)9-3/h20H,7-16H2,1-6H3. The molecule has 9 heteroatoms. The van der Waals surface area contributed by atoms with Crippen LogP contribution in [0, 0.1) is 0 Å². The van der Waals surface area contributed by atoms with Crippen molar-refractivity contribution in [3.63, 3.8) is 0 Å². The maximum atomic E-state index is 12.6. The molecule has 0 aromatic carbocycles. The van der Waals surface area contributed by atoms with Crippen molar-refractivity contribution in [3.05, 3.63) is 0 Å². The Balaban J connectivity index is 4.69. The highest BCUT2D eigenvalue weighted by Gasteiger charge is 2.21. The SMILES string of the molecule is CCNCC(=O)N(CC)CON(CC)CC(=O)N(CC)CC(=O)N(CC)CC. The normalized spacial score (nSPS) is 10.8. The van der Waals surface area contributed by atoms with Crippen molar-refractivity contribution in [1.82, 2.24) is 25.1 Å². The maximum Gasteiger partial charge on any atom is 0.242 e. The van der Waals surface area contributed by atoms with Gasteiger partial charge in [0.15, 0.2) is 0 Å². The van der Waals surface area contributed by atoms with Gasteiger partial charge in [-0.2, -0.15) is 5.06 Å². The molecule has 0 saturated heterocycles. The first-order valence-corrected chi connectivity index (χ1v) is 10.3. The van der Waals surface area contributed by atoms with Crippen molar-refractivity contribution < 1.29 is 19.2 Å². The summed E-state index contributed by atoms with van der Waals surface area (Å²) in [6, 6.07) is 0. The van der Waals surface area contributed by atoms with Crippen molar-refractivity contribution in [3.8, 4) is 0 Å². The molecule has 0 aliphatic heterocycles. The van der Waals surface area contributed by atoms with Crippen LogP contribution < -0.4 is 5.32 Å². The predicted molar refractivity (Wildman–Crippen MR) is 109 cm³/mol. The Morgan fingerprint density at radius 3 is 1.68 bits per heavy atom. The van der Waals surface area contributed by atoms with Crippen LogP contribution in [0.3, 0.4) is 0 Å². The third kappa shape index (κ3) is 9.48. The number of amides is 3. The quantitative estimate of drug-likeness (QED) is 0.315. The van der Waals surface area contributed by atoms with E-state index in [2.05, 4.69) is 5.32 Å². The van der Waals surface area contributed by atoms with Crippen LogP contribution in [0.1, 0.15) is 41.5 Å². The molecule has 0 aromatic rings. The molecule has 1 N–H and O–H groups in total. The summed E-state index contributed by atoms with van der Waals surface area (Å²) in [5.41, 5.74) is 0. The third-order valence-corrected chi connectivity index (χ3v) is 4.50. The van der Waals surface area contributed by atoms with E-state index in [-0.39, 0.29) is 44.1 Å². The zero-order valence-corrected chi connectivity index (χ0v) is 18.5. The number of hydroxylamine groups is 2. The van der Waals surface area contributed by atoms with E-state index in [0.717, 1.165) is 6.54 Å². The molecule has 0 fully saturated rings. The first kappa shape index (κ1) is 26.3. The minimum Gasteiger partial charge on any atom is -0.342 e. The molecule has 164 valence electrons. The highest BCUT2D eigenvalue weighted by atomic mass is 16.7. The van der Waals surface area contributed by atoms with E-state index in [4.69, 9.17) is 4.84 Å². The van der Waals surface area contributed by atoms with Crippen LogP contribution in [-0.2, 0) is 19.2 Å². The Kier molecular flexibility index (Phi) is 14.3. The van der Waals surface area contributed by atoms with Crippen molar-refractivity contribution >= 4 is 17.7 Å². The van der Waals surface area contributed by atoms with Crippen LogP contribution in [-0.4, -0.2) is 103 Å². The molecule has 0 radical (unpaired) electrons. The Hall–Kier alpha value is -1.71. The van der Waals surface area contributed by atoms with Gasteiger partial charge in [0.25, 0.3) is 0 Å². The van der Waals surface area contributed by atoms with Crippen LogP contribution in [0.15, 0.2) is 0 Å². The lowest BCUT2D eigenvalue weighted by atomic mass is 10.3. The summed E-state index contributed by atoms with van der Waals surface area (Å²) in [5.74, 6) is -0.283. The maximum absolute atomic E-state index is 12.6. The van der Waals surface area contributed by atoms with E-state index in [1.807, 2.05) is 41.5 Å². The second kappa shape index (κ2) is 15.2. The third-order valence-electron chi connectivity index (χ3n) is 4.50. The lowest BCUT2D eigenvalue weighted by molar-refractivity contribution is -0.196. The summed E-state index contributed by atoms with van der Waals surface area (Å²) in [6.45, 7) is 15.3. The molecule has 0 aliphatic rings. The minimum atomic E-state index is -0.174. The smallest absolute Gasteiger partial charge is 0.242 e. The zero-order valence-electron chi connectivity index (χ0n) is 18.5. The van der Waals surface area contributed by atoms with E-state index in [1.54, 1.807) is 9.80 Å². The van der Waals surface area contributed by atoms with Crippen LogP contribution in [0.4, 0.5) is 0 Å². The fourth-order valence-electron chi connectivity index (χ4n) is 2.55. The van der Waals surface area contributed by atoms with E-state index in [9.17, 15) is 14.4 Å². The van der Waals surface area contributed by atoms with Crippen molar-refractivity contribution in [2.24, 2.45) is 0 Å². The van der Waals surface area contributed by atoms with Crippen LogP contribution >= 0.6 is 0 Å². The fourth-order valence-corrected chi connectivity index (χ4v) is 2.55. The van der Waals surface area contributed by atoms with Crippen LogP contribution in [0.2, 0.25) is 0 Å². The number of hydrogen-bond donors (Lipinski definition) is 1. The van der Waals surface area contributed by atoms with Gasteiger partial charge in [-0.1, -0.05) is 13.8 Å². The van der Waals surface area contributed by atoms with Gasteiger partial charge in [0.05, 0.1) is 13.1 Å². The van der Waals surface area contributed by atoms with Gasteiger partial charge >= 0.3 is 0 Å². The largest absolute Gasteiger partial charge is 0.342 e. The summed E-state index contributed by atoms with van der Waals surface area (Å²) in [4.78, 5) is 47.5. The molecule has 0 bridgehead atoms. The molecule has 0 atom stereocenters. The molecular formula is C19H39N5O4. The van der Waals surface area contributed by atoms with Crippen LogP contribution in [0.25, 0.3) is 0 Å². The van der Waals surface area contributed by atoms with Crippen molar-refractivity contribution in [2.75, 3.05) is 65.6 Å². The molecule has 0 rings (SSSR count). The van der Waals surface area contributed by atoms with Gasteiger partial charge in [-0.05, 0) is 34.2 Å². The van der Waals surface area contributed by atoms with Gasteiger partial charge in [-0.3, -0.25) is 19.2 Å². The van der Waals surface area contributed by atoms with Gasteiger partial charge in [-0.25, -0.2) is 0 Å². The number of nitrogens with zero attached hydrogens (tertiary/aromatic N) is 4. The Bertz CT molecular complexity index is 471. The number of carbonyl (C=O) groups is 3. The van der Waals surface area contributed by atoms with E-state index < -0.39 is 0 Å². The molecule has 3 amide bonds. The summed E-state index contributed by atoms with van der Waals surface area (Å²) in [7, 11) is 0. The summed E-state index contributed by atoms with van der Waals surface area (Å²) < 4.78 is 0. The van der Waals surface area contributed by atoms with Gasteiger partial charge in [0.2, 0.25) is 17.7 Å². The molecule has 0 spiro atoms. The van der Waals surface area contributed by atoms with Crippen LogP contribution in [0.5, 0.6) is 0 Å². The average Bonchev–Trinajstić information content (AvgIpc) is 2.70. The lowest BCUT2D eigenvalue weighted by Gasteiger charge is -2.29. The summed E-state index contributed by atoms with van der Waals surface area (Å²) >= 11 is 0. The van der Waals surface area contributed by atoms with Crippen molar-refractivity contribution in [2.45, 2.75) is 41.5 Å². The van der Waals surface area contributed by atoms with Crippen molar-refractivity contribution in [1.29, 1.82) is 0 Å². The molecular weight excluding hydrogens is 362 g/mol. The highest BCUT2D eigenvalue weighted by Crippen LogP contribution is 2.00. The summed E-state index contributed by atoms with van der Waals surface area (Å²) in [6.07, 6.45) is 0. The monoisotopic (exact) mass is 401 g/mol. The average molecular weight is 402 g/mol. The second-order valence-electron chi connectivity index (χ2n) is 6.22. The molecule has 0 heterocycles. The number of carbonyl (C=O) groups excluding carboxylic acids is 3. The fraction of sp³-hybridized carbons (Fsp3) is 0.842. The molecule has 0 aliphatic carbocycles. The number of rotatable bonds is 15. The number of nitrogens with one attached hydrogen (secondary N) is 1. The number of likely N-dealkylation sites (N-methyl/N-ethyl adjacent to an activating group) is 5. The Morgan fingerprint density at radius 2 is 1.21 bits per heavy atom. The lowest BCUT2D eigenvalue weighted by Crippen LogP contribution is -2.47. The van der Waals surface area contributed by atoms with E-state index >= 15 is 0 Å². The Labute approximate surface area is 169 Å². The second-order valence-corrected chi connectivity index (χ2v) is 6.22. The first-order valence-electron chi connectivity index (χ1n) is 10.3. The molecule has 0 aromatic heterocycles. The van der Waals surface area contributed by atoms with E-state index in [1.165, 1.54) is 9.96 Å². The molecule has 9 nitrogen and oxygen atoms in total. The predicted octanol–water partition coefficient (Wildman–Crippen LogP) is 0.372. The molecule has 28 heavy (non-hydrogen) atoms. The topological polar surface area (TPSA) is 85.4 Å². The Morgan fingerprint density at radius 1 is 0.679 bits per heavy atom. The van der Waals surface area contributed by atoms with Gasteiger partial charge in [0.1, 0.15) is 13.3 Å². The number of hydrogen-bond acceptors (Lipinski definition) is 6.